The molecule has 0 aromatic heterocycles. The summed E-state index contributed by atoms with van der Waals surface area (Å²) in [5, 5.41) is 16.9. The number of carbonyl (C=O) groups excluding carboxylic acids is 1. The smallest absolute Gasteiger partial charge is 0.327 e. The third-order valence-electron chi connectivity index (χ3n) is 1.84. The summed E-state index contributed by atoms with van der Waals surface area (Å²) in [7, 11) is 0. The average molecular weight is 262 g/mol. The second kappa shape index (κ2) is 6.33. The number of nitrogens with two attached hydrogens (primary N) is 1. The van der Waals surface area contributed by atoms with Crippen molar-refractivity contribution in [2.75, 3.05) is 6.54 Å². The molecule has 0 saturated heterocycles. The molecule has 94 valence electrons. The van der Waals surface area contributed by atoms with Crippen molar-refractivity contribution in [3.63, 3.8) is 0 Å². The van der Waals surface area contributed by atoms with Crippen molar-refractivity contribution in [3.8, 4) is 0 Å². The Morgan fingerprint density at radius 2 is 1.56 bits per heavy atom. The molecule has 0 aliphatic heterocycles. The first kappa shape index (κ1) is 17.1. The largest absolute Gasteiger partial charge is 0.480 e. The Bertz CT molecular complexity index is 283. The van der Waals surface area contributed by atoms with E-state index in [0.29, 0.717) is 0 Å². The molecule has 0 aromatic carbocycles. The van der Waals surface area contributed by atoms with E-state index in [9.17, 15) is 23.2 Å². The number of halogens is 3. The summed E-state index contributed by atoms with van der Waals surface area (Å²) in [5.41, 5.74) is 1.39. The van der Waals surface area contributed by atoms with Gasteiger partial charge in [0.2, 0.25) is 5.41 Å². The van der Waals surface area contributed by atoms with E-state index in [-0.39, 0.29) is 12.4 Å². The molecule has 0 fully saturated rings. The van der Waals surface area contributed by atoms with Gasteiger partial charge in [-0.2, -0.15) is 0 Å². The van der Waals surface area contributed by atoms with Gasteiger partial charge in [-0.25, -0.2) is 8.78 Å². The molecule has 0 rings (SSSR count). The quantitative estimate of drug-likeness (QED) is 0.567. The van der Waals surface area contributed by atoms with Crippen molar-refractivity contribution in [1.82, 2.24) is 0 Å². The number of ketones is 1. The zero-order valence-corrected chi connectivity index (χ0v) is 8.67. The molecule has 0 amide bonds. The highest BCUT2D eigenvalue weighted by atomic mass is 35.5. The molecule has 0 spiro atoms. The fraction of sp³-hybridized carbons (Fsp3) is 0.571. The lowest BCUT2D eigenvalue weighted by molar-refractivity contribution is -0.178. The van der Waals surface area contributed by atoms with E-state index in [1.165, 1.54) is 0 Å². The molecule has 0 atom stereocenters. The summed E-state index contributed by atoms with van der Waals surface area (Å²) >= 11 is 0. The number of alkyl halides is 2. The van der Waals surface area contributed by atoms with Crippen LogP contribution in [0.4, 0.5) is 8.78 Å². The summed E-state index contributed by atoms with van der Waals surface area (Å²) in [4.78, 5) is 31.8. The van der Waals surface area contributed by atoms with Gasteiger partial charge in [0, 0.05) is 6.42 Å². The van der Waals surface area contributed by atoms with Gasteiger partial charge in [0.05, 0.1) is 6.54 Å². The minimum Gasteiger partial charge on any atom is -0.480 e. The molecular weight excluding hydrogens is 252 g/mol. The first-order valence-corrected chi connectivity index (χ1v) is 3.75. The summed E-state index contributed by atoms with van der Waals surface area (Å²) in [5.74, 6) is -5.57. The van der Waals surface area contributed by atoms with Crippen LogP contribution in [0.15, 0.2) is 0 Å². The topological polar surface area (TPSA) is 118 Å². The van der Waals surface area contributed by atoms with Crippen LogP contribution in [-0.4, -0.2) is 40.9 Å². The SMILES string of the molecule is Cl.NCC(=O)CC(C(=O)O)(C(=O)O)C(F)F. The number of carboxylic acids is 2. The maximum Gasteiger partial charge on any atom is 0.327 e. The summed E-state index contributed by atoms with van der Waals surface area (Å²) < 4.78 is 24.8. The lowest BCUT2D eigenvalue weighted by Gasteiger charge is -2.22. The number of hydrogen-bond donors (Lipinski definition) is 3. The first-order valence-electron chi connectivity index (χ1n) is 3.75. The second-order valence-corrected chi connectivity index (χ2v) is 2.80. The third kappa shape index (κ3) is 3.11. The molecule has 4 N–H and O–H groups in total. The normalized spacial score (nSPS) is 10.8. The van der Waals surface area contributed by atoms with E-state index in [1.807, 2.05) is 0 Å². The minimum absolute atomic E-state index is 0. The molecule has 0 radical (unpaired) electrons. The van der Waals surface area contributed by atoms with E-state index in [2.05, 4.69) is 0 Å². The molecule has 6 nitrogen and oxygen atoms in total. The molecule has 0 heterocycles. The lowest BCUT2D eigenvalue weighted by atomic mass is 9.83. The third-order valence-corrected chi connectivity index (χ3v) is 1.84. The van der Waals surface area contributed by atoms with Gasteiger partial charge in [0.25, 0.3) is 6.43 Å². The van der Waals surface area contributed by atoms with Crippen molar-refractivity contribution in [1.29, 1.82) is 0 Å². The van der Waals surface area contributed by atoms with E-state index in [1.54, 1.807) is 0 Å². The molecule has 9 heteroatoms. The van der Waals surface area contributed by atoms with Crippen molar-refractivity contribution in [3.05, 3.63) is 0 Å². The van der Waals surface area contributed by atoms with Crippen LogP contribution in [0, 0.1) is 5.41 Å². The maximum absolute atomic E-state index is 12.4. The Kier molecular flexibility index (Phi) is 6.78. The molecule has 16 heavy (non-hydrogen) atoms. The predicted molar refractivity (Wildman–Crippen MR) is 49.6 cm³/mol. The van der Waals surface area contributed by atoms with E-state index < -0.39 is 42.5 Å². The highest BCUT2D eigenvalue weighted by Gasteiger charge is 2.56. The molecule has 0 saturated carbocycles. The first-order chi connectivity index (χ1) is 6.78. The highest BCUT2D eigenvalue weighted by Crippen LogP contribution is 2.31. The Morgan fingerprint density at radius 3 is 1.75 bits per heavy atom. The van der Waals surface area contributed by atoms with Crippen molar-refractivity contribution >= 4 is 30.1 Å². The van der Waals surface area contributed by atoms with Gasteiger partial charge in [0.15, 0.2) is 0 Å². The Morgan fingerprint density at radius 1 is 1.19 bits per heavy atom. The number of carbonyl (C=O) groups is 3. The summed E-state index contributed by atoms with van der Waals surface area (Å²) in [6.07, 6.45) is -5.02. The van der Waals surface area contributed by atoms with Gasteiger partial charge >= 0.3 is 11.9 Å². The van der Waals surface area contributed by atoms with E-state index in [0.717, 1.165) is 0 Å². The van der Waals surface area contributed by atoms with Crippen molar-refractivity contribution < 1.29 is 33.4 Å². The van der Waals surface area contributed by atoms with Crippen LogP contribution in [0.25, 0.3) is 0 Å². The Hall–Kier alpha value is -1.28. The van der Waals surface area contributed by atoms with Gasteiger partial charge < -0.3 is 15.9 Å². The van der Waals surface area contributed by atoms with Crippen LogP contribution in [0.1, 0.15) is 6.42 Å². The van der Waals surface area contributed by atoms with Crippen LogP contribution < -0.4 is 5.73 Å². The number of hydrogen-bond acceptors (Lipinski definition) is 4. The molecule has 0 aliphatic rings. The predicted octanol–water partition coefficient (Wildman–Crippen LogP) is -0.253. The lowest BCUT2D eigenvalue weighted by Crippen LogP contribution is -2.47. The fourth-order valence-corrected chi connectivity index (χ4v) is 0.890. The monoisotopic (exact) mass is 261 g/mol. The van der Waals surface area contributed by atoms with Crippen LogP contribution in [0.2, 0.25) is 0 Å². The Balaban J connectivity index is 0. The van der Waals surface area contributed by atoms with Gasteiger partial charge in [-0.05, 0) is 0 Å². The molecule has 0 unspecified atom stereocenters. The minimum atomic E-state index is -3.69. The highest BCUT2D eigenvalue weighted by molar-refractivity contribution is 6.03. The Labute approximate surface area is 94.8 Å². The fourth-order valence-electron chi connectivity index (χ4n) is 0.890. The number of aliphatic carboxylic acids is 2. The second-order valence-electron chi connectivity index (χ2n) is 2.80. The zero-order chi connectivity index (χ0) is 12.2. The van der Waals surface area contributed by atoms with Crippen LogP contribution in [0.3, 0.4) is 0 Å². The summed E-state index contributed by atoms with van der Waals surface area (Å²) in [6, 6.07) is 0. The van der Waals surface area contributed by atoms with E-state index in [4.69, 9.17) is 15.9 Å². The van der Waals surface area contributed by atoms with Crippen LogP contribution >= 0.6 is 12.4 Å². The molecule has 0 bridgehead atoms. The van der Waals surface area contributed by atoms with Gasteiger partial charge in [-0.1, -0.05) is 0 Å². The van der Waals surface area contributed by atoms with Crippen molar-refractivity contribution in [2.24, 2.45) is 11.1 Å². The molecule has 0 aliphatic carbocycles. The number of carboxylic acid groups (broad SMARTS) is 2. The molecule has 0 aromatic rings. The average Bonchev–Trinajstić information content (AvgIpc) is 2.11. The standard InChI is InChI=1S/C7H9F2NO5.ClH/c8-4(9)7(5(12)13,6(14)15)1-3(11)2-10;/h4H,1-2,10H2,(H,12,13)(H,14,15);1H. The van der Waals surface area contributed by atoms with Crippen LogP contribution in [-0.2, 0) is 14.4 Å². The van der Waals surface area contributed by atoms with Gasteiger partial charge in [-0.15, -0.1) is 12.4 Å². The van der Waals surface area contributed by atoms with Crippen molar-refractivity contribution in [2.45, 2.75) is 12.8 Å². The number of Topliss-reactive ketones (excluding diaryl/α,β-unsaturated/α-hetero) is 1. The van der Waals surface area contributed by atoms with Gasteiger partial charge in [0.1, 0.15) is 5.78 Å². The van der Waals surface area contributed by atoms with E-state index >= 15 is 0 Å². The zero-order valence-electron chi connectivity index (χ0n) is 7.85. The van der Waals surface area contributed by atoms with Crippen LogP contribution in [0.5, 0.6) is 0 Å². The maximum atomic E-state index is 12.4. The van der Waals surface area contributed by atoms with Gasteiger partial charge in [-0.3, -0.25) is 14.4 Å². The number of rotatable bonds is 6. The molecular formula is C7H10ClF2NO5. The summed E-state index contributed by atoms with van der Waals surface area (Å²) in [6.45, 7) is -0.685.